The van der Waals surface area contributed by atoms with Crippen LogP contribution in [0.2, 0.25) is 0 Å². The Kier molecular flexibility index (Phi) is 3.81. The smallest absolute Gasteiger partial charge is 0.358 e. The van der Waals surface area contributed by atoms with Crippen molar-refractivity contribution in [2.75, 3.05) is 24.3 Å². The molecule has 7 heteroatoms. The summed E-state index contributed by atoms with van der Waals surface area (Å²) < 4.78 is 4.53. The van der Waals surface area contributed by atoms with Gasteiger partial charge in [-0.25, -0.2) is 14.8 Å². The summed E-state index contributed by atoms with van der Waals surface area (Å²) in [5.41, 5.74) is 0.124. The van der Waals surface area contributed by atoms with Gasteiger partial charge in [0.05, 0.1) is 19.5 Å². The highest BCUT2D eigenvalue weighted by Crippen LogP contribution is 2.23. The van der Waals surface area contributed by atoms with Gasteiger partial charge in [-0.15, -0.1) is 0 Å². The van der Waals surface area contributed by atoms with Gasteiger partial charge in [0.25, 0.3) is 0 Å². The molecule has 1 aromatic rings. The van der Waals surface area contributed by atoms with Crippen LogP contribution in [0, 0.1) is 5.92 Å². The molecular weight excluding hydrogens is 254 g/mol. The van der Waals surface area contributed by atoms with Crippen LogP contribution in [0.3, 0.4) is 0 Å². The number of methoxy groups -OCH3 is 1. The second kappa shape index (κ2) is 5.34. The van der Waals surface area contributed by atoms with Crippen molar-refractivity contribution >= 4 is 30.3 Å². The lowest BCUT2D eigenvalue weighted by Crippen LogP contribution is -2.26. The Labute approximate surface area is 110 Å². The summed E-state index contributed by atoms with van der Waals surface area (Å²) in [7, 11) is 1.28. The van der Waals surface area contributed by atoms with Crippen LogP contribution in [0.4, 0.5) is 5.82 Å². The van der Waals surface area contributed by atoms with E-state index in [-0.39, 0.29) is 17.5 Å². The highest BCUT2D eigenvalue weighted by molar-refractivity contribution is 7.80. The highest BCUT2D eigenvalue weighted by Gasteiger charge is 2.30. The second-order valence-electron chi connectivity index (χ2n) is 4.01. The lowest BCUT2D eigenvalue weighted by Gasteiger charge is -2.14. The maximum atomic E-state index is 11.8. The van der Waals surface area contributed by atoms with Crippen LogP contribution in [0.25, 0.3) is 0 Å². The maximum absolute atomic E-state index is 11.8. The number of aromatic nitrogens is 2. The van der Waals surface area contributed by atoms with Gasteiger partial charge >= 0.3 is 5.97 Å². The summed E-state index contributed by atoms with van der Waals surface area (Å²) >= 11 is 4.19. The Bertz CT molecular complexity index is 463. The molecule has 1 aliphatic rings. The van der Waals surface area contributed by atoms with E-state index in [1.807, 2.05) is 0 Å². The number of thiol groups is 1. The van der Waals surface area contributed by atoms with E-state index >= 15 is 0 Å². The van der Waals surface area contributed by atoms with E-state index in [9.17, 15) is 9.59 Å². The third-order valence-corrected chi connectivity index (χ3v) is 3.29. The number of ether oxygens (including phenoxy) is 1. The second-order valence-corrected chi connectivity index (χ2v) is 4.37. The Balaban J connectivity index is 2.15. The minimum Gasteiger partial charge on any atom is -0.464 e. The van der Waals surface area contributed by atoms with Crippen LogP contribution in [0.1, 0.15) is 16.9 Å². The fourth-order valence-electron chi connectivity index (χ4n) is 1.80. The molecule has 1 aliphatic heterocycles. The van der Waals surface area contributed by atoms with Crippen LogP contribution in [0.15, 0.2) is 12.4 Å². The minimum atomic E-state index is -0.546. The van der Waals surface area contributed by atoms with Gasteiger partial charge in [-0.2, -0.15) is 12.6 Å². The predicted octanol–water partition coefficient (Wildman–Crippen LogP) is 0.546. The Hall–Kier alpha value is -1.63. The zero-order valence-corrected chi connectivity index (χ0v) is 10.8. The molecule has 0 spiro atoms. The van der Waals surface area contributed by atoms with Crippen LogP contribution in [0.5, 0.6) is 0 Å². The summed E-state index contributed by atoms with van der Waals surface area (Å²) in [6.45, 7) is 0.592. The molecule has 0 radical (unpaired) electrons. The lowest BCUT2D eigenvalue weighted by atomic mass is 10.1. The normalized spacial score (nSPS) is 19.1. The van der Waals surface area contributed by atoms with Gasteiger partial charge in [-0.3, -0.25) is 9.69 Å². The van der Waals surface area contributed by atoms with Crippen molar-refractivity contribution in [3.05, 3.63) is 18.1 Å². The van der Waals surface area contributed by atoms with Crippen LogP contribution < -0.4 is 4.90 Å². The Morgan fingerprint density at radius 2 is 2.33 bits per heavy atom. The molecule has 0 saturated carbocycles. The van der Waals surface area contributed by atoms with Gasteiger partial charge in [-0.1, -0.05) is 0 Å². The average Bonchev–Trinajstić information content (AvgIpc) is 2.79. The van der Waals surface area contributed by atoms with Crippen molar-refractivity contribution in [2.45, 2.75) is 6.42 Å². The SMILES string of the molecule is COC(=O)c1cnc(N2CC(CS)CC2=O)cn1. The number of nitrogens with zero attached hydrogens (tertiary/aromatic N) is 3. The maximum Gasteiger partial charge on any atom is 0.358 e. The molecule has 1 fully saturated rings. The molecule has 0 aliphatic carbocycles. The number of hydrogen-bond acceptors (Lipinski definition) is 6. The van der Waals surface area contributed by atoms with Crippen LogP contribution >= 0.6 is 12.6 Å². The van der Waals surface area contributed by atoms with Gasteiger partial charge in [0, 0.05) is 13.0 Å². The third-order valence-electron chi connectivity index (χ3n) is 2.77. The highest BCUT2D eigenvalue weighted by atomic mass is 32.1. The zero-order valence-electron chi connectivity index (χ0n) is 9.87. The first-order valence-corrected chi connectivity index (χ1v) is 6.10. The molecule has 96 valence electrons. The summed E-state index contributed by atoms with van der Waals surface area (Å²) in [6.07, 6.45) is 3.19. The topological polar surface area (TPSA) is 72.4 Å². The van der Waals surface area contributed by atoms with Crippen molar-refractivity contribution in [3.63, 3.8) is 0 Å². The van der Waals surface area contributed by atoms with Crippen molar-refractivity contribution < 1.29 is 14.3 Å². The Morgan fingerprint density at radius 1 is 1.56 bits per heavy atom. The lowest BCUT2D eigenvalue weighted by molar-refractivity contribution is -0.117. The molecule has 1 saturated heterocycles. The van der Waals surface area contributed by atoms with E-state index in [2.05, 4.69) is 27.3 Å². The molecule has 2 rings (SSSR count). The van der Waals surface area contributed by atoms with Gasteiger partial charge < -0.3 is 4.74 Å². The molecule has 6 nitrogen and oxygen atoms in total. The number of hydrogen-bond donors (Lipinski definition) is 1. The molecule has 2 heterocycles. The monoisotopic (exact) mass is 267 g/mol. The standard InChI is InChI=1S/C11H13N3O3S/c1-17-11(16)8-3-13-9(4-12-8)14-5-7(6-18)2-10(14)15/h3-4,7,18H,2,5-6H2,1H3. The predicted molar refractivity (Wildman–Crippen MR) is 67.7 cm³/mol. The van der Waals surface area contributed by atoms with Crippen molar-refractivity contribution in [3.8, 4) is 0 Å². The summed E-state index contributed by atoms with van der Waals surface area (Å²) in [4.78, 5) is 32.5. The van der Waals surface area contributed by atoms with E-state index in [0.717, 1.165) is 0 Å². The number of esters is 1. The first-order chi connectivity index (χ1) is 8.65. The van der Waals surface area contributed by atoms with Crippen molar-refractivity contribution in [2.24, 2.45) is 5.92 Å². The molecule has 0 N–H and O–H groups in total. The van der Waals surface area contributed by atoms with Gasteiger partial charge in [-0.05, 0) is 11.7 Å². The van der Waals surface area contributed by atoms with Crippen LogP contribution in [-0.4, -0.2) is 41.3 Å². The zero-order chi connectivity index (χ0) is 13.1. The molecular formula is C11H13N3O3S. The number of carbonyl (C=O) groups excluding carboxylic acids is 2. The van der Waals surface area contributed by atoms with E-state index in [1.54, 1.807) is 4.90 Å². The van der Waals surface area contributed by atoms with Gasteiger partial charge in [0.1, 0.15) is 0 Å². The summed E-state index contributed by atoms with van der Waals surface area (Å²) in [6, 6.07) is 0. The fraction of sp³-hybridized carbons (Fsp3) is 0.455. The number of amides is 1. The van der Waals surface area contributed by atoms with Crippen LogP contribution in [-0.2, 0) is 9.53 Å². The Morgan fingerprint density at radius 3 is 2.83 bits per heavy atom. The molecule has 1 atom stereocenters. The largest absolute Gasteiger partial charge is 0.464 e. The van der Waals surface area contributed by atoms with Crippen molar-refractivity contribution in [1.82, 2.24) is 9.97 Å². The molecule has 1 amide bonds. The molecule has 1 aromatic heterocycles. The number of anilines is 1. The van der Waals surface area contributed by atoms with E-state index < -0.39 is 5.97 Å². The summed E-state index contributed by atoms with van der Waals surface area (Å²) in [5.74, 6) is 0.819. The third kappa shape index (κ3) is 2.45. The molecule has 1 unspecified atom stereocenters. The van der Waals surface area contributed by atoms with Gasteiger partial charge in [0.15, 0.2) is 11.5 Å². The summed E-state index contributed by atoms with van der Waals surface area (Å²) in [5, 5.41) is 0. The molecule has 18 heavy (non-hydrogen) atoms. The number of rotatable bonds is 3. The van der Waals surface area contributed by atoms with E-state index in [1.165, 1.54) is 19.5 Å². The van der Waals surface area contributed by atoms with Crippen molar-refractivity contribution in [1.29, 1.82) is 0 Å². The van der Waals surface area contributed by atoms with E-state index in [4.69, 9.17) is 0 Å². The first-order valence-electron chi connectivity index (χ1n) is 5.47. The quantitative estimate of drug-likeness (QED) is 0.639. The van der Waals surface area contributed by atoms with E-state index in [0.29, 0.717) is 24.5 Å². The number of carbonyl (C=O) groups is 2. The fourth-order valence-corrected chi connectivity index (χ4v) is 2.04. The minimum absolute atomic E-state index is 0.00849. The first kappa shape index (κ1) is 12.8. The average molecular weight is 267 g/mol. The molecule has 0 aromatic carbocycles. The molecule has 0 bridgehead atoms. The van der Waals surface area contributed by atoms with Gasteiger partial charge in [0.2, 0.25) is 5.91 Å².